The molecule has 0 bridgehead atoms. The van der Waals surface area contributed by atoms with E-state index in [-0.39, 0.29) is 12.0 Å². The lowest BCUT2D eigenvalue weighted by Gasteiger charge is -2.16. The van der Waals surface area contributed by atoms with E-state index < -0.39 is 0 Å². The van der Waals surface area contributed by atoms with Gasteiger partial charge in [-0.3, -0.25) is 4.79 Å². The summed E-state index contributed by atoms with van der Waals surface area (Å²) in [5, 5.41) is 7.85. The van der Waals surface area contributed by atoms with Crippen LogP contribution in [0.2, 0.25) is 0 Å². The Morgan fingerprint density at radius 2 is 2.04 bits per heavy atom. The first kappa shape index (κ1) is 15.4. The number of hydrogen-bond acceptors (Lipinski definition) is 5. The summed E-state index contributed by atoms with van der Waals surface area (Å²) in [5.41, 5.74) is 1.70. The van der Waals surface area contributed by atoms with Gasteiger partial charge >= 0.3 is 0 Å². The summed E-state index contributed by atoms with van der Waals surface area (Å²) in [6.45, 7) is 1.21. The minimum absolute atomic E-state index is 0.0237. The molecule has 1 aliphatic heterocycles. The van der Waals surface area contributed by atoms with Crippen molar-refractivity contribution >= 4 is 11.4 Å². The number of pyridine rings is 1. The Balaban J connectivity index is 1.41. The Morgan fingerprint density at radius 3 is 2.80 bits per heavy atom. The molecule has 1 amide bonds. The van der Waals surface area contributed by atoms with Gasteiger partial charge in [-0.05, 0) is 18.2 Å². The molecule has 128 valence electrons. The third kappa shape index (κ3) is 3.13. The molecule has 1 unspecified atom stereocenters. The lowest BCUT2D eigenvalue weighted by atomic mass is 10.3. The maximum absolute atomic E-state index is 12.7. The van der Waals surface area contributed by atoms with Crippen molar-refractivity contribution in [3.8, 4) is 11.8 Å². The molecule has 25 heavy (non-hydrogen) atoms. The largest absolute Gasteiger partial charge is 0.480 e. The summed E-state index contributed by atoms with van der Waals surface area (Å²) in [7, 11) is 1.54. The van der Waals surface area contributed by atoms with E-state index in [9.17, 15) is 4.79 Å². The highest BCUT2D eigenvalue weighted by Gasteiger charge is 2.29. The predicted molar refractivity (Wildman–Crippen MR) is 90.9 cm³/mol. The van der Waals surface area contributed by atoms with Crippen molar-refractivity contribution in [2.75, 3.05) is 20.2 Å². The third-order valence-corrected chi connectivity index (χ3v) is 4.30. The van der Waals surface area contributed by atoms with E-state index in [4.69, 9.17) is 9.47 Å². The lowest BCUT2D eigenvalue weighted by molar-refractivity contribution is 0.0771. The highest BCUT2D eigenvalue weighted by atomic mass is 16.5. The van der Waals surface area contributed by atoms with Crippen molar-refractivity contribution in [2.24, 2.45) is 0 Å². The second-order valence-corrected chi connectivity index (χ2v) is 5.96. The van der Waals surface area contributed by atoms with Crippen LogP contribution in [-0.2, 0) is 0 Å². The highest BCUT2D eigenvalue weighted by molar-refractivity contribution is 5.95. The smallest absolute Gasteiger partial charge is 0.255 e. The van der Waals surface area contributed by atoms with Gasteiger partial charge in [0.15, 0.2) is 0 Å². The Bertz CT molecular complexity index is 858. The van der Waals surface area contributed by atoms with Crippen LogP contribution in [0.1, 0.15) is 16.8 Å². The van der Waals surface area contributed by atoms with Crippen LogP contribution in [0.15, 0.2) is 48.8 Å². The first-order valence-electron chi connectivity index (χ1n) is 8.13. The Kier molecular flexibility index (Phi) is 3.97. The molecule has 1 atom stereocenters. The quantitative estimate of drug-likeness (QED) is 0.728. The number of aromatic nitrogens is 3. The molecule has 7 nitrogen and oxygen atoms in total. The van der Waals surface area contributed by atoms with E-state index in [0.29, 0.717) is 30.4 Å². The van der Waals surface area contributed by atoms with Crippen molar-refractivity contribution in [1.29, 1.82) is 0 Å². The van der Waals surface area contributed by atoms with Gasteiger partial charge in [0, 0.05) is 43.0 Å². The molecule has 1 aliphatic rings. The molecule has 4 rings (SSSR count). The molecule has 0 N–H and O–H groups in total. The van der Waals surface area contributed by atoms with E-state index >= 15 is 0 Å². The maximum atomic E-state index is 12.7. The van der Waals surface area contributed by atoms with E-state index in [2.05, 4.69) is 10.2 Å². The molecule has 0 aromatic carbocycles. The molecule has 7 heteroatoms. The molecular formula is C18H18N4O3. The number of fused-ring (bicyclic) bond motifs is 1. The van der Waals surface area contributed by atoms with Crippen LogP contribution < -0.4 is 9.47 Å². The van der Waals surface area contributed by atoms with Crippen LogP contribution in [-0.4, -0.2) is 51.7 Å². The summed E-state index contributed by atoms with van der Waals surface area (Å²) in [5.74, 6) is 0.904. The fourth-order valence-corrected chi connectivity index (χ4v) is 3.01. The average Bonchev–Trinajstić information content (AvgIpc) is 3.28. The number of likely N-dealkylation sites (tertiary alicyclic amines) is 1. The number of carbonyl (C=O) groups excluding carboxylic acids is 1. The molecule has 3 aromatic heterocycles. The molecule has 3 aromatic rings. The molecule has 0 spiro atoms. The van der Waals surface area contributed by atoms with E-state index in [1.807, 2.05) is 46.0 Å². The maximum Gasteiger partial charge on any atom is 0.255 e. The van der Waals surface area contributed by atoms with Crippen LogP contribution in [0.4, 0.5) is 0 Å². The van der Waals surface area contributed by atoms with Gasteiger partial charge in [0.1, 0.15) is 6.10 Å². The summed E-state index contributed by atoms with van der Waals surface area (Å²) in [6, 6.07) is 11.2. The number of carbonyl (C=O) groups is 1. The van der Waals surface area contributed by atoms with Crippen LogP contribution in [0.3, 0.4) is 0 Å². The second-order valence-electron chi connectivity index (χ2n) is 5.96. The molecule has 0 saturated carbocycles. The van der Waals surface area contributed by atoms with E-state index in [1.165, 1.54) is 7.11 Å². The number of rotatable bonds is 4. The minimum Gasteiger partial charge on any atom is -0.480 e. The van der Waals surface area contributed by atoms with E-state index in [1.54, 1.807) is 12.1 Å². The number of hydrogen-bond donors (Lipinski definition) is 0. The normalized spacial score (nSPS) is 17.0. The van der Waals surface area contributed by atoms with Crippen molar-refractivity contribution in [1.82, 2.24) is 19.5 Å². The zero-order valence-electron chi connectivity index (χ0n) is 13.8. The van der Waals surface area contributed by atoms with E-state index in [0.717, 1.165) is 11.9 Å². The van der Waals surface area contributed by atoms with Crippen molar-refractivity contribution in [2.45, 2.75) is 12.5 Å². The van der Waals surface area contributed by atoms with Crippen LogP contribution >= 0.6 is 0 Å². The Labute approximate surface area is 144 Å². The summed E-state index contributed by atoms with van der Waals surface area (Å²) < 4.78 is 12.7. The van der Waals surface area contributed by atoms with Gasteiger partial charge in [-0.25, -0.2) is 0 Å². The molecule has 0 aliphatic carbocycles. The van der Waals surface area contributed by atoms with Gasteiger partial charge in [0.25, 0.3) is 5.91 Å². The topological polar surface area (TPSA) is 69.0 Å². The van der Waals surface area contributed by atoms with Crippen LogP contribution in [0.25, 0.3) is 5.52 Å². The molecule has 0 radical (unpaired) electrons. The van der Waals surface area contributed by atoms with Gasteiger partial charge in [0.05, 0.1) is 19.2 Å². The zero-order valence-corrected chi connectivity index (χ0v) is 13.8. The Morgan fingerprint density at radius 1 is 1.20 bits per heavy atom. The minimum atomic E-state index is -0.0799. The van der Waals surface area contributed by atoms with Crippen molar-refractivity contribution < 1.29 is 14.3 Å². The molecule has 1 saturated heterocycles. The highest BCUT2D eigenvalue weighted by Crippen LogP contribution is 2.20. The second kappa shape index (κ2) is 6.43. The van der Waals surface area contributed by atoms with Gasteiger partial charge in [-0.2, -0.15) is 0 Å². The van der Waals surface area contributed by atoms with Gasteiger partial charge in [-0.1, -0.05) is 6.07 Å². The van der Waals surface area contributed by atoms with Crippen molar-refractivity contribution in [3.63, 3.8) is 0 Å². The summed E-state index contributed by atoms with van der Waals surface area (Å²) >= 11 is 0. The number of ether oxygens (including phenoxy) is 2. The van der Waals surface area contributed by atoms with Crippen LogP contribution in [0.5, 0.6) is 11.8 Å². The van der Waals surface area contributed by atoms with Crippen molar-refractivity contribution in [3.05, 3.63) is 54.4 Å². The summed E-state index contributed by atoms with van der Waals surface area (Å²) in [4.78, 5) is 14.5. The third-order valence-electron chi connectivity index (χ3n) is 4.30. The standard InChI is InChI=1S/C18H18N4O3/c1-24-16-5-6-17(20-19-16)25-15-7-9-22(12-15)18(23)13-10-14-4-2-3-8-21(14)11-13/h2-6,8,10-11,15H,7,9,12H2,1H3. The fraction of sp³-hybridized carbons (Fsp3) is 0.278. The monoisotopic (exact) mass is 338 g/mol. The lowest BCUT2D eigenvalue weighted by Crippen LogP contribution is -2.30. The predicted octanol–water partition coefficient (Wildman–Crippen LogP) is 2.03. The number of methoxy groups -OCH3 is 1. The number of amides is 1. The molecule has 1 fully saturated rings. The van der Waals surface area contributed by atoms with Gasteiger partial charge in [0.2, 0.25) is 11.8 Å². The molecule has 4 heterocycles. The first-order valence-corrected chi connectivity index (χ1v) is 8.13. The SMILES string of the molecule is COc1ccc(OC2CCN(C(=O)c3cc4ccccn4c3)C2)nn1. The van der Waals surface area contributed by atoms with Crippen LogP contribution in [0, 0.1) is 0 Å². The fourth-order valence-electron chi connectivity index (χ4n) is 3.01. The first-order chi connectivity index (χ1) is 12.2. The van der Waals surface area contributed by atoms with Gasteiger partial charge < -0.3 is 18.8 Å². The average molecular weight is 338 g/mol. The zero-order chi connectivity index (χ0) is 17.2. The number of nitrogens with zero attached hydrogens (tertiary/aromatic N) is 4. The molecular weight excluding hydrogens is 320 g/mol. The van der Waals surface area contributed by atoms with Gasteiger partial charge in [-0.15, -0.1) is 10.2 Å². The summed E-state index contributed by atoms with van der Waals surface area (Å²) in [6.07, 6.45) is 4.49. The Hall–Kier alpha value is -3.09.